The third-order valence-corrected chi connectivity index (χ3v) is 15.8. The molecular weight excluding hydrogens is 1160 g/mol. The molecule has 2 atom stereocenters. The van der Waals surface area contributed by atoms with Gasteiger partial charge in [0.2, 0.25) is 7.29 Å². The van der Waals surface area contributed by atoms with Crippen molar-refractivity contribution in [1.82, 2.24) is 0 Å². The maximum atomic E-state index is 14.3. The van der Waals surface area contributed by atoms with Gasteiger partial charge in [0.1, 0.15) is 0 Å². The third kappa shape index (κ3) is 9.46. The van der Waals surface area contributed by atoms with E-state index in [4.69, 9.17) is 4.76 Å². The summed E-state index contributed by atoms with van der Waals surface area (Å²) in [6.45, 7) is 0. The number of anilines is 1. The average Bonchev–Trinajstić information content (AvgIpc) is 3.89. The predicted octanol–water partition coefficient (Wildman–Crippen LogP) is 13.4. The van der Waals surface area contributed by atoms with Gasteiger partial charge in [-0.25, -0.2) is 0 Å². The molecule has 0 amide bonds. The SMILES string of the molecule is O=P1(c2ccccc2)N=C(c2[c-]cccc2)C=C1c1ccc(-c2ccccc2)cc1.O=P1(c2ccccc2)[CH-]N(c2[c-]cccc2)C=C1c1ccc(-c2ccccc2)cc1.[Pt+2].[Pt]. The van der Waals surface area contributed by atoms with E-state index in [1.807, 2.05) is 181 Å². The van der Waals surface area contributed by atoms with Gasteiger partial charge in [-0.15, -0.1) is 41.6 Å². The van der Waals surface area contributed by atoms with Crippen LogP contribution in [0, 0.1) is 18.4 Å². The number of hydrogen-bond acceptors (Lipinski definition) is 3. The Hall–Kier alpha value is -5.45. The summed E-state index contributed by atoms with van der Waals surface area (Å²) in [4.78, 5) is 1.94. The van der Waals surface area contributed by atoms with Gasteiger partial charge in [-0.05, 0) is 62.7 Å². The second-order valence-electron chi connectivity index (χ2n) is 14.4. The van der Waals surface area contributed by atoms with Crippen molar-refractivity contribution in [2.24, 2.45) is 4.76 Å². The van der Waals surface area contributed by atoms with Gasteiger partial charge in [0.05, 0.1) is 0 Å². The summed E-state index contributed by atoms with van der Waals surface area (Å²) < 4.78 is 33.3. The summed E-state index contributed by atoms with van der Waals surface area (Å²) >= 11 is 0. The number of allylic oxidation sites excluding steroid dienone is 1. The molecule has 0 saturated carbocycles. The number of hydrogen-bond donors (Lipinski definition) is 0. The standard InChI is InChI=1S/C27H20NOP.C27H19NOP.2Pt/c29-30(26-14-8-3-9-15-26)21-28(25-12-6-2-7-13-25)20-27(30)24-18-16-23(17-19-24)22-10-4-1-5-11-22;29-30(25-14-8-3-9-15-25)27(20-26(28-30)23-12-6-2-7-13-23)24-18-16-22(17-19-24)21-10-4-1-5-11-21;;/h1-12,14-21H;1-12,14-20H;;/q-2;-1;;+2. The fraction of sp³-hybridized carbons (Fsp3) is 0. The van der Waals surface area contributed by atoms with Crippen LogP contribution in [0.3, 0.4) is 0 Å². The van der Waals surface area contributed by atoms with Crippen LogP contribution in [0.15, 0.2) is 235 Å². The Morgan fingerprint density at radius 2 is 0.887 bits per heavy atom. The van der Waals surface area contributed by atoms with Gasteiger partial charge in [-0.2, -0.15) is 36.6 Å². The van der Waals surface area contributed by atoms with Gasteiger partial charge in [0.15, 0.2) is 0 Å². The minimum absolute atomic E-state index is 0. The number of rotatable bonds is 8. The van der Waals surface area contributed by atoms with Crippen molar-refractivity contribution in [3.63, 3.8) is 0 Å². The van der Waals surface area contributed by atoms with Crippen LogP contribution in [0.5, 0.6) is 0 Å². The Labute approximate surface area is 393 Å². The summed E-state index contributed by atoms with van der Waals surface area (Å²) in [7, 11) is -6.06. The molecule has 0 saturated heterocycles. The van der Waals surface area contributed by atoms with Crippen molar-refractivity contribution in [3.05, 3.63) is 266 Å². The Kier molecular flexibility index (Phi) is 14.5. The topological polar surface area (TPSA) is 49.7 Å². The van der Waals surface area contributed by atoms with Crippen molar-refractivity contribution in [2.45, 2.75) is 0 Å². The van der Waals surface area contributed by atoms with Crippen molar-refractivity contribution < 1.29 is 51.3 Å². The molecule has 0 bridgehead atoms. The molecule has 0 aliphatic carbocycles. The monoisotopic (exact) mass is 1200 g/mol. The molecule has 8 aromatic carbocycles. The quantitative estimate of drug-likeness (QED) is 0.113. The van der Waals surface area contributed by atoms with Crippen LogP contribution in [0.2, 0.25) is 0 Å². The largest absolute Gasteiger partial charge is 2.00 e. The Morgan fingerprint density at radius 1 is 0.452 bits per heavy atom. The molecule has 2 aliphatic rings. The first-order valence-electron chi connectivity index (χ1n) is 19.7. The molecule has 2 heterocycles. The zero-order chi connectivity index (χ0) is 40.8. The van der Waals surface area contributed by atoms with Crippen molar-refractivity contribution in [2.75, 3.05) is 4.90 Å². The fourth-order valence-corrected chi connectivity index (χ4v) is 12.3. The number of benzene rings is 8. The molecule has 62 heavy (non-hydrogen) atoms. The Balaban J connectivity index is 0.000000181. The van der Waals surface area contributed by atoms with Crippen LogP contribution in [-0.4, -0.2) is 5.71 Å². The van der Waals surface area contributed by atoms with Gasteiger partial charge in [-0.3, -0.25) is 9.33 Å². The van der Waals surface area contributed by atoms with Crippen LogP contribution in [0.4, 0.5) is 5.69 Å². The molecule has 8 heteroatoms. The Morgan fingerprint density at radius 3 is 1.39 bits per heavy atom. The van der Waals surface area contributed by atoms with Crippen molar-refractivity contribution >= 4 is 47.1 Å². The first-order valence-corrected chi connectivity index (χ1v) is 23.2. The Bertz CT molecular complexity index is 2830. The predicted molar refractivity (Wildman–Crippen MR) is 251 cm³/mol. The van der Waals surface area contributed by atoms with Crippen LogP contribution in [0.1, 0.15) is 16.7 Å². The fourth-order valence-electron chi connectivity index (χ4n) is 7.43. The average molecular weight is 1200 g/mol. The summed E-state index contributed by atoms with van der Waals surface area (Å²) in [5.74, 6) is 0. The molecule has 0 spiro atoms. The molecule has 0 radical (unpaired) electrons. The first-order chi connectivity index (χ1) is 29.5. The van der Waals surface area contributed by atoms with E-state index in [-0.39, 0.29) is 42.1 Å². The molecule has 8 aromatic rings. The summed E-state index contributed by atoms with van der Waals surface area (Å²) in [6.07, 6.45) is 5.79. The van der Waals surface area contributed by atoms with E-state index in [1.165, 1.54) is 5.56 Å². The molecule has 308 valence electrons. The third-order valence-electron chi connectivity index (χ3n) is 10.5. The zero-order valence-corrected chi connectivity index (χ0v) is 39.6. The molecule has 10 rings (SSSR count). The number of para-hydroxylation sites is 1. The van der Waals surface area contributed by atoms with Gasteiger partial charge in [0.25, 0.3) is 0 Å². The van der Waals surface area contributed by atoms with Gasteiger partial charge >= 0.3 is 21.1 Å². The molecule has 0 N–H and O–H groups in total. The molecule has 0 fully saturated rings. The van der Waals surface area contributed by atoms with E-state index >= 15 is 0 Å². The van der Waals surface area contributed by atoms with Crippen LogP contribution in [-0.2, 0) is 51.3 Å². The van der Waals surface area contributed by atoms with Crippen molar-refractivity contribution in [1.29, 1.82) is 0 Å². The number of nitrogens with zero attached hydrogens (tertiary/aromatic N) is 2. The minimum atomic E-state index is -3.13. The molecule has 2 unspecified atom stereocenters. The smallest absolute Gasteiger partial charge is 0.512 e. The van der Waals surface area contributed by atoms with E-state index in [0.717, 1.165) is 60.3 Å². The molecule has 4 nitrogen and oxygen atoms in total. The summed E-state index contributed by atoms with van der Waals surface area (Å²) in [6, 6.07) is 78.2. The van der Waals surface area contributed by atoms with E-state index in [0.29, 0.717) is 5.71 Å². The second kappa shape index (κ2) is 20.2. The summed E-state index contributed by atoms with van der Waals surface area (Å²) in [5.41, 5.74) is 8.94. The van der Waals surface area contributed by atoms with E-state index in [1.54, 1.807) is 0 Å². The zero-order valence-electron chi connectivity index (χ0n) is 33.3. The van der Waals surface area contributed by atoms with E-state index in [2.05, 4.69) is 72.8 Å². The maximum Gasteiger partial charge on any atom is 2.00 e. The molecule has 2 aliphatic heterocycles. The normalized spacial score (nSPS) is 17.5. The van der Waals surface area contributed by atoms with Crippen LogP contribution in [0.25, 0.3) is 32.9 Å². The van der Waals surface area contributed by atoms with Crippen LogP contribution >= 0.6 is 14.4 Å². The van der Waals surface area contributed by atoms with Gasteiger partial charge < -0.3 is 9.46 Å². The minimum Gasteiger partial charge on any atom is -0.512 e. The van der Waals surface area contributed by atoms with Gasteiger partial charge in [-0.1, -0.05) is 164 Å². The maximum absolute atomic E-state index is 14.3. The van der Waals surface area contributed by atoms with Crippen molar-refractivity contribution in [3.8, 4) is 22.3 Å². The second-order valence-corrected chi connectivity index (χ2v) is 19.3. The molecule has 0 aromatic heterocycles. The molecular formula is C54H39N2O2P2Pt2-. The van der Waals surface area contributed by atoms with E-state index in [9.17, 15) is 9.13 Å². The van der Waals surface area contributed by atoms with Crippen LogP contribution < -0.4 is 15.5 Å². The summed E-state index contributed by atoms with van der Waals surface area (Å²) in [5, 5.41) is 3.18. The first kappa shape index (κ1) is 44.6. The van der Waals surface area contributed by atoms with Gasteiger partial charge in [0, 0.05) is 44.1 Å². The van der Waals surface area contributed by atoms with E-state index < -0.39 is 14.4 Å².